The first kappa shape index (κ1) is 16.1. The maximum atomic E-state index is 13.6. The Labute approximate surface area is 114 Å². The number of methoxy groups -OCH3 is 1. The van der Waals surface area contributed by atoms with E-state index in [1.54, 1.807) is 0 Å². The Kier molecular flexibility index (Phi) is 5.66. The van der Waals surface area contributed by atoms with Gasteiger partial charge in [0.1, 0.15) is 0 Å². The number of nitrogens with zero attached hydrogens (tertiary/aromatic N) is 1. The minimum Gasteiger partial charge on any atom is -0.494 e. The Morgan fingerprint density at radius 2 is 2.10 bits per heavy atom. The number of carbonyl (C=O) groups excluding carboxylic acids is 1. The highest BCUT2D eigenvalue weighted by Gasteiger charge is 2.16. The number of carbonyl (C=O) groups is 1. The molecule has 0 aliphatic carbocycles. The van der Waals surface area contributed by atoms with Crippen molar-refractivity contribution in [1.82, 2.24) is 4.90 Å². The first-order valence-corrected chi connectivity index (χ1v) is 5.73. The molecule has 112 valence electrons. The molecule has 0 aliphatic rings. The molecule has 1 aromatic rings. The van der Waals surface area contributed by atoms with Gasteiger partial charge in [0.25, 0.3) is 0 Å². The number of halogens is 2. The zero-order chi connectivity index (χ0) is 15.3. The van der Waals surface area contributed by atoms with Crippen molar-refractivity contribution in [2.45, 2.75) is 6.10 Å². The van der Waals surface area contributed by atoms with Crippen LogP contribution in [0.25, 0.3) is 0 Å². The van der Waals surface area contributed by atoms with Gasteiger partial charge < -0.3 is 25.2 Å². The van der Waals surface area contributed by atoms with Crippen molar-refractivity contribution in [3.8, 4) is 5.75 Å². The molecule has 20 heavy (non-hydrogen) atoms. The topological polar surface area (TPSA) is 82.0 Å². The number of ether oxygens (including phenoxy) is 1. The molecule has 0 saturated carbocycles. The molecule has 0 bridgehead atoms. The van der Waals surface area contributed by atoms with Crippen molar-refractivity contribution in [1.29, 1.82) is 0 Å². The SMILES string of the molecule is COc1cc(F)c(NC(=O)N(C)C[C@H](O)CO)cc1F. The van der Waals surface area contributed by atoms with Gasteiger partial charge in [-0.3, -0.25) is 0 Å². The Hall–Kier alpha value is -1.93. The highest BCUT2D eigenvalue weighted by Crippen LogP contribution is 2.24. The zero-order valence-electron chi connectivity index (χ0n) is 11.1. The van der Waals surface area contributed by atoms with Crippen LogP contribution in [0.3, 0.4) is 0 Å². The van der Waals surface area contributed by atoms with Crippen molar-refractivity contribution in [2.75, 3.05) is 32.6 Å². The summed E-state index contributed by atoms with van der Waals surface area (Å²) >= 11 is 0. The summed E-state index contributed by atoms with van der Waals surface area (Å²) in [5.74, 6) is -1.94. The standard InChI is InChI=1S/C12H16F2N2O4/c1-16(5-7(18)6-17)12(19)15-10-3-9(14)11(20-2)4-8(10)13/h3-4,7,17-18H,5-6H2,1-2H3,(H,15,19)/t7-/m0/s1. The van der Waals surface area contributed by atoms with Crippen LogP contribution in [-0.4, -0.2) is 54.6 Å². The van der Waals surface area contributed by atoms with Crippen LogP contribution in [0.4, 0.5) is 19.3 Å². The smallest absolute Gasteiger partial charge is 0.321 e. The number of amides is 2. The molecule has 2 amide bonds. The number of aliphatic hydroxyl groups excluding tert-OH is 2. The van der Waals surface area contributed by atoms with Crippen LogP contribution in [0.1, 0.15) is 0 Å². The molecule has 0 saturated heterocycles. The average molecular weight is 290 g/mol. The minimum absolute atomic E-state index is 0.150. The lowest BCUT2D eigenvalue weighted by molar-refractivity contribution is 0.0750. The van der Waals surface area contributed by atoms with Gasteiger partial charge >= 0.3 is 6.03 Å². The molecule has 1 rings (SSSR count). The van der Waals surface area contributed by atoms with Gasteiger partial charge in [-0.15, -0.1) is 0 Å². The van der Waals surface area contributed by atoms with Gasteiger partial charge in [0.15, 0.2) is 17.4 Å². The van der Waals surface area contributed by atoms with E-state index in [2.05, 4.69) is 10.1 Å². The van der Waals surface area contributed by atoms with Crippen molar-refractivity contribution in [3.63, 3.8) is 0 Å². The van der Waals surface area contributed by atoms with E-state index >= 15 is 0 Å². The molecule has 0 fully saturated rings. The number of likely N-dealkylation sites (N-methyl/N-ethyl adjacent to an activating group) is 1. The molecule has 1 atom stereocenters. The van der Waals surface area contributed by atoms with E-state index in [0.29, 0.717) is 0 Å². The van der Waals surface area contributed by atoms with Crippen molar-refractivity contribution < 1.29 is 28.5 Å². The number of hydrogen-bond donors (Lipinski definition) is 3. The maximum Gasteiger partial charge on any atom is 0.321 e. The van der Waals surface area contributed by atoms with Crippen molar-refractivity contribution in [3.05, 3.63) is 23.8 Å². The lowest BCUT2D eigenvalue weighted by Crippen LogP contribution is -2.38. The molecule has 0 radical (unpaired) electrons. The minimum atomic E-state index is -1.11. The maximum absolute atomic E-state index is 13.6. The van der Waals surface area contributed by atoms with E-state index in [-0.39, 0.29) is 18.0 Å². The molecule has 0 aromatic heterocycles. The van der Waals surface area contributed by atoms with E-state index < -0.39 is 30.4 Å². The summed E-state index contributed by atoms with van der Waals surface area (Å²) in [7, 11) is 2.53. The highest BCUT2D eigenvalue weighted by molar-refractivity contribution is 5.89. The predicted octanol–water partition coefficient (Wildman–Crippen LogP) is 0.790. The predicted molar refractivity (Wildman–Crippen MR) is 67.7 cm³/mol. The van der Waals surface area contributed by atoms with Gasteiger partial charge in [-0.25, -0.2) is 13.6 Å². The summed E-state index contributed by atoms with van der Waals surface area (Å²) in [4.78, 5) is 12.7. The number of rotatable bonds is 5. The first-order chi connectivity index (χ1) is 9.38. The Morgan fingerprint density at radius 1 is 1.45 bits per heavy atom. The van der Waals surface area contributed by atoms with E-state index in [1.165, 1.54) is 14.2 Å². The molecule has 8 heteroatoms. The fourth-order valence-electron chi connectivity index (χ4n) is 1.45. The van der Waals surface area contributed by atoms with Gasteiger partial charge in [0.2, 0.25) is 0 Å². The Balaban J connectivity index is 2.78. The van der Waals surface area contributed by atoms with Crippen LogP contribution < -0.4 is 10.1 Å². The van der Waals surface area contributed by atoms with E-state index in [9.17, 15) is 18.7 Å². The molecular formula is C12H16F2N2O4. The quantitative estimate of drug-likeness (QED) is 0.749. The van der Waals surface area contributed by atoms with Gasteiger partial charge in [-0.05, 0) is 0 Å². The van der Waals surface area contributed by atoms with Gasteiger partial charge in [0, 0.05) is 19.2 Å². The molecule has 0 spiro atoms. The summed E-state index contributed by atoms with van der Waals surface area (Å²) in [6.07, 6.45) is -1.11. The van der Waals surface area contributed by atoms with Crippen LogP contribution >= 0.6 is 0 Å². The first-order valence-electron chi connectivity index (χ1n) is 5.73. The van der Waals surface area contributed by atoms with Crippen LogP contribution in [0.2, 0.25) is 0 Å². The van der Waals surface area contributed by atoms with Crippen LogP contribution in [0.15, 0.2) is 12.1 Å². The average Bonchev–Trinajstić information content (AvgIpc) is 2.41. The van der Waals surface area contributed by atoms with E-state index in [1.807, 2.05) is 0 Å². The molecule has 3 N–H and O–H groups in total. The van der Waals surface area contributed by atoms with E-state index in [0.717, 1.165) is 17.0 Å². The monoisotopic (exact) mass is 290 g/mol. The third kappa shape index (κ3) is 4.04. The second-order valence-electron chi connectivity index (χ2n) is 4.11. The number of hydrogen-bond acceptors (Lipinski definition) is 4. The van der Waals surface area contributed by atoms with Crippen LogP contribution in [0, 0.1) is 11.6 Å². The Morgan fingerprint density at radius 3 is 2.65 bits per heavy atom. The molecule has 0 aliphatic heterocycles. The molecule has 0 heterocycles. The number of urea groups is 1. The van der Waals surface area contributed by atoms with Crippen molar-refractivity contribution >= 4 is 11.7 Å². The largest absolute Gasteiger partial charge is 0.494 e. The number of benzene rings is 1. The second-order valence-corrected chi connectivity index (χ2v) is 4.11. The summed E-state index contributed by atoms with van der Waals surface area (Å²) in [5, 5.41) is 20.0. The molecular weight excluding hydrogens is 274 g/mol. The highest BCUT2D eigenvalue weighted by atomic mass is 19.1. The van der Waals surface area contributed by atoms with E-state index in [4.69, 9.17) is 5.11 Å². The fourth-order valence-corrected chi connectivity index (χ4v) is 1.45. The summed E-state index contributed by atoms with van der Waals surface area (Å²) in [6.45, 7) is -0.661. The zero-order valence-corrected chi connectivity index (χ0v) is 11.1. The lowest BCUT2D eigenvalue weighted by atomic mass is 10.2. The summed E-state index contributed by atoms with van der Waals surface area (Å²) < 4.78 is 31.6. The third-order valence-electron chi connectivity index (χ3n) is 2.53. The summed E-state index contributed by atoms with van der Waals surface area (Å²) in [6, 6.07) is 0.858. The fraction of sp³-hybridized carbons (Fsp3) is 0.417. The third-order valence-corrected chi connectivity index (χ3v) is 2.53. The lowest BCUT2D eigenvalue weighted by Gasteiger charge is -2.20. The second kappa shape index (κ2) is 7.01. The Bertz CT molecular complexity index is 485. The normalized spacial score (nSPS) is 11.9. The van der Waals surface area contributed by atoms with Gasteiger partial charge in [-0.1, -0.05) is 0 Å². The number of nitrogens with one attached hydrogen (secondary N) is 1. The number of anilines is 1. The van der Waals surface area contributed by atoms with Crippen molar-refractivity contribution in [2.24, 2.45) is 0 Å². The van der Waals surface area contributed by atoms with Gasteiger partial charge in [0.05, 0.1) is 32.1 Å². The van der Waals surface area contributed by atoms with Gasteiger partial charge in [-0.2, -0.15) is 0 Å². The number of aliphatic hydroxyl groups is 2. The molecule has 1 aromatic carbocycles. The van der Waals surface area contributed by atoms with Crippen LogP contribution in [-0.2, 0) is 0 Å². The summed E-state index contributed by atoms with van der Waals surface area (Å²) in [5.41, 5.74) is -0.348. The molecule has 6 nitrogen and oxygen atoms in total. The van der Waals surface area contributed by atoms with Crippen LogP contribution in [0.5, 0.6) is 5.75 Å². The molecule has 0 unspecified atom stereocenters.